The van der Waals surface area contributed by atoms with Crippen molar-refractivity contribution in [3.8, 4) is 0 Å². The normalized spacial score (nSPS) is 12.2. The summed E-state index contributed by atoms with van der Waals surface area (Å²) in [4.78, 5) is 17.9. The first-order valence-corrected chi connectivity index (χ1v) is 6.62. The van der Waals surface area contributed by atoms with E-state index in [1.807, 2.05) is 19.1 Å². The van der Waals surface area contributed by atoms with Gasteiger partial charge in [-0.3, -0.25) is 9.78 Å². The highest BCUT2D eigenvalue weighted by atomic mass is 16.2. The molecule has 1 atom stereocenters. The fourth-order valence-electron chi connectivity index (χ4n) is 1.84. The van der Waals surface area contributed by atoms with Crippen LogP contribution in [0.4, 0.5) is 0 Å². The molecular formula is C14H23N3O. The topological polar surface area (TPSA) is 59.2 Å². The molecular weight excluding hydrogens is 226 g/mol. The van der Waals surface area contributed by atoms with Crippen molar-refractivity contribution in [1.29, 1.82) is 0 Å². The number of nitrogens with two attached hydrogens (primary N) is 1. The average molecular weight is 249 g/mol. The maximum atomic E-state index is 12.2. The number of nitrogens with zero attached hydrogens (tertiary/aromatic N) is 2. The van der Waals surface area contributed by atoms with Gasteiger partial charge in [-0.2, -0.15) is 0 Å². The molecule has 0 aromatic carbocycles. The Morgan fingerprint density at radius 1 is 1.39 bits per heavy atom. The maximum Gasteiger partial charge on any atom is 0.239 e. The van der Waals surface area contributed by atoms with Gasteiger partial charge in [0.15, 0.2) is 0 Å². The molecule has 0 unspecified atom stereocenters. The van der Waals surface area contributed by atoms with Crippen LogP contribution in [0.15, 0.2) is 24.5 Å². The average Bonchev–Trinajstić information content (AvgIpc) is 2.42. The van der Waals surface area contributed by atoms with E-state index in [0.717, 1.165) is 24.8 Å². The van der Waals surface area contributed by atoms with Crippen LogP contribution < -0.4 is 5.73 Å². The van der Waals surface area contributed by atoms with E-state index >= 15 is 0 Å². The van der Waals surface area contributed by atoms with E-state index in [1.54, 1.807) is 17.3 Å². The van der Waals surface area contributed by atoms with Crippen LogP contribution in [0.3, 0.4) is 0 Å². The Morgan fingerprint density at radius 2 is 2.06 bits per heavy atom. The first kappa shape index (κ1) is 14.6. The molecule has 0 radical (unpaired) electrons. The molecule has 4 nitrogen and oxygen atoms in total. The van der Waals surface area contributed by atoms with Crippen molar-refractivity contribution in [1.82, 2.24) is 9.88 Å². The highest BCUT2D eigenvalue weighted by Gasteiger charge is 2.19. The highest BCUT2D eigenvalue weighted by molar-refractivity contribution is 5.81. The fraction of sp³-hybridized carbons (Fsp3) is 0.571. The van der Waals surface area contributed by atoms with Crippen LogP contribution in [0, 0.1) is 0 Å². The molecule has 1 rings (SSSR count). The summed E-state index contributed by atoms with van der Waals surface area (Å²) in [5.41, 5.74) is 7.02. The highest BCUT2D eigenvalue weighted by Crippen LogP contribution is 2.07. The SMILES string of the molecule is CCCC[C@H](N)C(=O)N(CC)Cc1ccncc1. The van der Waals surface area contributed by atoms with Crippen molar-refractivity contribution < 1.29 is 4.79 Å². The quantitative estimate of drug-likeness (QED) is 0.803. The summed E-state index contributed by atoms with van der Waals surface area (Å²) in [7, 11) is 0. The molecule has 0 aliphatic rings. The van der Waals surface area contributed by atoms with Crippen molar-refractivity contribution in [3.05, 3.63) is 30.1 Å². The standard InChI is InChI=1S/C14H23N3O/c1-3-5-6-13(15)14(18)17(4-2)11-12-7-9-16-10-8-12/h7-10,13H,3-6,11,15H2,1-2H3/t13-/m0/s1. The summed E-state index contributed by atoms with van der Waals surface area (Å²) in [6.45, 7) is 5.37. The summed E-state index contributed by atoms with van der Waals surface area (Å²) < 4.78 is 0. The van der Waals surface area contributed by atoms with Crippen LogP contribution in [0.25, 0.3) is 0 Å². The largest absolute Gasteiger partial charge is 0.337 e. The lowest BCUT2D eigenvalue weighted by Gasteiger charge is -2.24. The summed E-state index contributed by atoms with van der Waals surface area (Å²) in [5.74, 6) is 0.0442. The molecule has 0 spiro atoms. The lowest BCUT2D eigenvalue weighted by Crippen LogP contribution is -2.43. The minimum Gasteiger partial charge on any atom is -0.337 e. The predicted octanol–water partition coefficient (Wildman–Crippen LogP) is 1.95. The number of aromatic nitrogens is 1. The lowest BCUT2D eigenvalue weighted by atomic mass is 10.1. The molecule has 1 heterocycles. The number of rotatable bonds is 7. The van der Waals surface area contributed by atoms with Gasteiger partial charge in [0.25, 0.3) is 0 Å². The van der Waals surface area contributed by atoms with Crippen molar-refractivity contribution in [2.45, 2.75) is 45.7 Å². The molecule has 1 amide bonds. The molecule has 2 N–H and O–H groups in total. The third-order valence-electron chi connectivity index (χ3n) is 3.00. The molecule has 0 bridgehead atoms. The van der Waals surface area contributed by atoms with Gasteiger partial charge in [-0.25, -0.2) is 0 Å². The second-order valence-corrected chi connectivity index (χ2v) is 4.46. The molecule has 0 saturated heterocycles. The van der Waals surface area contributed by atoms with Gasteiger partial charge in [-0.05, 0) is 31.0 Å². The van der Waals surface area contributed by atoms with E-state index < -0.39 is 0 Å². The minimum atomic E-state index is -0.369. The Bertz CT molecular complexity index is 353. The number of unbranched alkanes of at least 4 members (excludes halogenated alkanes) is 1. The Labute approximate surface area is 109 Å². The number of hydrogen-bond acceptors (Lipinski definition) is 3. The summed E-state index contributed by atoms with van der Waals surface area (Å²) in [5, 5.41) is 0. The van der Waals surface area contributed by atoms with Gasteiger partial charge in [0.2, 0.25) is 5.91 Å². The smallest absolute Gasteiger partial charge is 0.239 e. The van der Waals surface area contributed by atoms with Crippen LogP contribution in [0.1, 0.15) is 38.7 Å². The van der Waals surface area contributed by atoms with E-state index in [9.17, 15) is 4.79 Å². The number of carbonyl (C=O) groups excluding carboxylic acids is 1. The summed E-state index contributed by atoms with van der Waals surface area (Å²) >= 11 is 0. The zero-order chi connectivity index (χ0) is 13.4. The van der Waals surface area contributed by atoms with E-state index in [0.29, 0.717) is 13.1 Å². The molecule has 0 saturated carbocycles. The second-order valence-electron chi connectivity index (χ2n) is 4.46. The number of amides is 1. The molecule has 100 valence electrons. The molecule has 4 heteroatoms. The van der Waals surface area contributed by atoms with Gasteiger partial charge >= 0.3 is 0 Å². The zero-order valence-corrected chi connectivity index (χ0v) is 11.3. The third-order valence-corrected chi connectivity index (χ3v) is 3.00. The van der Waals surface area contributed by atoms with E-state index in [1.165, 1.54) is 0 Å². The van der Waals surface area contributed by atoms with Crippen molar-refractivity contribution in [2.24, 2.45) is 5.73 Å². The van der Waals surface area contributed by atoms with Crippen LogP contribution in [-0.4, -0.2) is 28.4 Å². The monoisotopic (exact) mass is 249 g/mol. The van der Waals surface area contributed by atoms with Crippen molar-refractivity contribution in [3.63, 3.8) is 0 Å². The molecule has 1 aromatic heterocycles. The van der Waals surface area contributed by atoms with Gasteiger partial charge in [0, 0.05) is 25.5 Å². The minimum absolute atomic E-state index is 0.0442. The van der Waals surface area contributed by atoms with E-state index in [-0.39, 0.29) is 11.9 Å². The van der Waals surface area contributed by atoms with E-state index in [2.05, 4.69) is 11.9 Å². The van der Waals surface area contributed by atoms with Crippen LogP contribution in [0.5, 0.6) is 0 Å². The van der Waals surface area contributed by atoms with Gasteiger partial charge in [-0.15, -0.1) is 0 Å². The number of hydrogen-bond donors (Lipinski definition) is 1. The van der Waals surface area contributed by atoms with Crippen molar-refractivity contribution in [2.75, 3.05) is 6.54 Å². The third kappa shape index (κ3) is 4.45. The van der Waals surface area contributed by atoms with Gasteiger partial charge in [0.05, 0.1) is 6.04 Å². The van der Waals surface area contributed by atoms with E-state index in [4.69, 9.17) is 5.73 Å². The maximum absolute atomic E-state index is 12.2. The molecule has 0 fully saturated rings. The first-order chi connectivity index (χ1) is 8.69. The molecule has 1 aromatic rings. The Morgan fingerprint density at radius 3 is 2.61 bits per heavy atom. The summed E-state index contributed by atoms with van der Waals surface area (Å²) in [6, 6.07) is 3.48. The number of carbonyl (C=O) groups is 1. The zero-order valence-electron chi connectivity index (χ0n) is 11.3. The number of pyridine rings is 1. The molecule has 18 heavy (non-hydrogen) atoms. The summed E-state index contributed by atoms with van der Waals surface area (Å²) in [6.07, 6.45) is 6.31. The van der Waals surface area contributed by atoms with Gasteiger partial charge in [-0.1, -0.05) is 19.8 Å². The number of likely N-dealkylation sites (N-methyl/N-ethyl adjacent to an activating group) is 1. The Hall–Kier alpha value is -1.42. The van der Waals surface area contributed by atoms with Crippen LogP contribution in [-0.2, 0) is 11.3 Å². The van der Waals surface area contributed by atoms with Crippen LogP contribution in [0.2, 0.25) is 0 Å². The van der Waals surface area contributed by atoms with Crippen LogP contribution >= 0.6 is 0 Å². The lowest BCUT2D eigenvalue weighted by molar-refractivity contribution is -0.133. The van der Waals surface area contributed by atoms with Gasteiger partial charge < -0.3 is 10.6 Å². The predicted molar refractivity (Wildman–Crippen MR) is 72.8 cm³/mol. The molecule has 0 aliphatic heterocycles. The molecule has 0 aliphatic carbocycles. The van der Waals surface area contributed by atoms with Crippen molar-refractivity contribution >= 4 is 5.91 Å². The Balaban J connectivity index is 2.57. The fourth-order valence-corrected chi connectivity index (χ4v) is 1.84. The first-order valence-electron chi connectivity index (χ1n) is 6.62. The second kappa shape index (κ2) is 7.82. The Kier molecular flexibility index (Phi) is 6.36. The van der Waals surface area contributed by atoms with Gasteiger partial charge in [0.1, 0.15) is 0 Å².